The zero-order chi connectivity index (χ0) is 15.7. The molecule has 1 atom stereocenters. The molecular formula is C12H13F4NO3S. The highest BCUT2D eigenvalue weighted by atomic mass is 32.2. The topological polar surface area (TPSA) is 55.4 Å². The number of alkyl halides is 3. The fourth-order valence-corrected chi connectivity index (χ4v) is 2.93. The van der Waals surface area contributed by atoms with Gasteiger partial charge in [-0.25, -0.2) is 12.8 Å². The molecule has 2 rings (SSSR count). The molecule has 1 unspecified atom stereocenters. The average molecular weight is 327 g/mol. The largest absolute Gasteiger partial charge is 0.501 e. The minimum atomic E-state index is -5.61. The van der Waals surface area contributed by atoms with E-state index in [9.17, 15) is 26.0 Å². The molecule has 1 aromatic rings. The number of hydrogen-bond donors (Lipinski definition) is 1. The molecule has 1 aromatic carbocycles. The van der Waals surface area contributed by atoms with Gasteiger partial charge in [0.25, 0.3) is 9.84 Å². The standard InChI is InChI=1S/C12H13F4NO3S/c13-9-1-2-10(17-6-8-3-4-20-7-8)11(5-9)21(18,19)12(14,15)16/h1-2,5,8,17H,3-4,6-7H2. The second kappa shape index (κ2) is 5.80. The van der Waals surface area contributed by atoms with Crippen molar-refractivity contribution in [2.45, 2.75) is 16.8 Å². The van der Waals surface area contributed by atoms with Gasteiger partial charge in [0.2, 0.25) is 0 Å². The lowest BCUT2D eigenvalue weighted by Gasteiger charge is -2.16. The summed E-state index contributed by atoms with van der Waals surface area (Å²) in [6.45, 7) is 1.27. The van der Waals surface area contributed by atoms with Crippen LogP contribution in [0.2, 0.25) is 0 Å². The molecule has 0 bridgehead atoms. The van der Waals surface area contributed by atoms with Gasteiger partial charge in [-0.15, -0.1) is 0 Å². The zero-order valence-electron chi connectivity index (χ0n) is 10.8. The second-order valence-corrected chi connectivity index (χ2v) is 6.61. The average Bonchev–Trinajstić information content (AvgIpc) is 2.89. The lowest BCUT2D eigenvalue weighted by atomic mass is 10.1. The summed E-state index contributed by atoms with van der Waals surface area (Å²) in [6, 6.07) is 2.27. The van der Waals surface area contributed by atoms with Gasteiger partial charge in [-0.2, -0.15) is 13.2 Å². The Hall–Kier alpha value is -1.35. The van der Waals surface area contributed by atoms with Crippen molar-refractivity contribution in [3.05, 3.63) is 24.0 Å². The molecule has 0 spiro atoms. The molecule has 4 nitrogen and oxygen atoms in total. The second-order valence-electron chi connectivity index (χ2n) is 4.70. The van der Waals surface area contributed by atoms with E-state index in [-0.39, 0.29) is 18.2 Å². The summed E-state index contributed by atoms with van der Waals surface area (Å²) in [6.07, 6.45) is 0.732. The van der Waals surface area contributed by atoms with Crippen molar-refractivity contribution in [2.75, 3.05) is 25.1 Å². The van der Waals surface area contributed by atoms with Crippen LogP contribution in [0, 0.1) is 11.7 Å². The van der Waals surface area contributed by atoms with Gasteiger partial charge in [0.1, 0.15) is 10.7 Å². The van der Waals surface area contributed by atoms with Gasteiger partial charge in [0, 0.05) is 19.1 Å². The molecule has 1 aliphatic heterocycles. The number of halogens is 4. The van der Waals surface area contributed by atoms with Crippen LogP contribution >= 0.6 is 0 Å². The van der Waals surface area contributed by atoms with Gasteiger partial charge in [-0.1, -0.05) is 0 Å². The van der Waals surface area contributed by atoms with E-state index >= 15 is 0 Å². The Bertz CT molecular complexity index is 609. The van der Waals surface area contributed by atoms with Crippen LogP contribution in [-0.4, -0.2) is 33.7 Å². The maximum atomic E-state index is 13.1. The van der Waals surface area contributed by atoms with Crippen LogP contribution in [0.15, 0.2) is 23.1 Å². The van der Waals surface area contributed by atoms with Gasteiger partial charge >= 0.3 is 5.51 Å². The van der Waals surface area contributed by atoms with Crippen LogP contribution in [-0.2, 0) is 14.6 Å². The summed E-state index contributed by atoms with van der Waals surface area (Å²) in [5, 5.41) is 2.63. The first-order valence-corrected chi connectivity index (χ1v) is 7.62. The van der Waals surface area contributed by atoms with E-state index in [1.807, 2.05) is 0 Å². The highest BCUT2D eigenvalue weighted by Gasteiger charge is 2.48. The number of hydrogen-bond acceptors (Lipinski definition) is 4. The molecule has 1 aliphatic rings. The molecule has 0 aliphatic carbocycles. The number of ether oxygens (including phenoxy) is 1. The van der Waals surface area contributed by atoms with E-state index in [4.69, 9.17) is 4.74 Å². The number of rotatable bonds is 4. The fraction of sp³-hybridized carbons (Fsp3) is 0.500. The minimum Gasteiger partial charge on any atom is -0.384 e. The van der Waals surface area contributed by atoms with Crippen LogP contribution in [0.3, 0.4) is 0 Å². The van der Waals surface area contributed by atoms with E-state index in [0.717, 1.165) is 18.6 Å². The Balaban J connectivity index is 2.29. The molecule has 1 saturated heterocycles. The maximum absolute atomic E-state index is 13.1. The number of nitrogens with one attached hydrogen (secondary N) is 1. The monoisotopic (exact) mass is 327 g/mol. The number of anilines is 1. The quantitative estimate of drug-likeness (QED) is 0.864. The Morgan fingerprint density at radius 2 is 2.05 bits per heavy atom. The SMILES string of the molecule is O=S(=O)(c1cc(F)ccc1NCC1CCOC1)C(F)(F)F. The summed E-state index contributed by atoms with van der Waals surface area (Å²) in [5.41, 5.74) is -5.74. The Labute approximate surface area is 119 Å². The van der Waals surface area contributed by atoms with Gasteiger partial charge in [0.15, 0.2) is 0 Å². The summed E-state index contributed by atoms with van der Waals surface area (Å²) in [7, 11) is -5.61. The first-order chi connectivity index (χ1) is 9.72. The van der Waals surface area contributed by atoms with Crippen molar-refractivity contribution in [3.63, 3.8) is 0 Å². The van der Waals surface area contributed by atoms with E-state index in [1.165, 1.54) is 0 Å². The lowest BCUT2D eigenvalue weighted by molar-refractivity contribution is -0.0435. The van der Waals surface area contributed by atoms with Crippen LogP contribution in [0.25, 0.3) is 0 Å². The predicted molar refractivity (Wildman–Crippen MR) is 67.1 cm³/mol. The van der Waals surface area contributed by atoms with Gasteiger partial charge in [-0.3, -0.25) is 0 Å². The highest BCUT2D eigenvalue weighted by molar-refractivity contribution is 7.92. The van der Waals surface area contributed by atoms with Crippen molar-refractivity contribution in [2.24, 2.45) is 5.92 Å². The summed E-state index contributed by atoms with van der Waals surface area (Å²) < 4.78 is 79.0. The third-order valence-corrected chi connectivity index (χ3v) is 4.67. The van der Waals surface area contributed by atoms with Crippen molar-refractivity contribution >= 4 is 15.5 Å². The van der Waals surface area contributed by atoms with Crippen LogP contribution in [0.5, 0.6) is 0 Å². The smallest absolute Gasteiger partial charge is 0.384 e. The molecule has 0 aromatic heterocycles. The molecule has 1 fully saturated rings. The summed E-state index contributed by atoms with van der Waals surface area (Å²) in [5.74, 6) is -0.968. The Kier molecular flexibility index (Phi) is 4.43. The zero-order valence-corrected chi connectivity index (χ0v) is 11.6. The van der Waals surface area contributed by atoms with E-state index in [1.54, 1.807) is 0 Å². The molecule has 0 radical (unpaired) electrons. The van der Waals surface area contributed by atoms with Gasteiger partial charge < -0.3 is 10.1 Å². The molecule has 0 amide bonds. The van der Waals surface area contributed by atoms with Crippen LogP contribution in [0.1, 0.15) is 6.42 Å². The van der Waals surface area contributed by atoms with E-state index < -0.39 is 26.1 Å². The van der Waals surface area contributed by atoms with Crippen molar-refractivity contribution in [3.8, 4) is 0 Å². The third kappa shape index (κ3) is 3.46. The van der Waals surface area contributed by atoms with E-state index in [2.05, 4.69) is 5.32 Å². The number of benzene rings is 1. The third-order valence-electron chi connectivity index (χ3n) is 3.14. The highest BCUT2D eigenvalue weighted by Crippen LogP contribution is 2.35. The molecule has 9 heteroatoms. The molecule has 21 heavy (non-hydrogen) atoms. The van der Waals surface area contributed by atoms with Gasteiger partial charge in [0.05, 0.1) is 12.3 Å². The van der Waals surface area contributed by atoms with Crippen molar-refractivity contribution in [1.29, 1.82) is 0 Å². The fourth-order valence-electron chi connectivity index (χ4n) is 1.99. The minimum absolute atomic E-state index is 0.0801. The van der Waals surface area contributed by atoms with Gasteiger partial charge in [-0.05, 0) is 24.6 Å². The lowest BCUT2D eigenvalue weighted by Crippen LogP contribution is -2.25. The predicted octanol–water partition coefficient (Wildman–Crippen LogP) is 2.57. The van der Waals surface area contributed by atoms with Crippen molar-refractivity contribution < 1.29 is 30.7 Å². The first kappa shape index (κ1) is 16.0. The molecule has 1 heterocycles. The van der Waals surface area contributed by atoms with E-state index in [0.29, 0.717) is 19.3 Å². The Morgan fingerprint density at radius 3 is 2.62 bits per heavy atom. The molecular weight excluding hydrogens is 314 g/mol. The molecule has 1 N–H and O–H groups in total. The molecule has 0 saturated carbocycles. The normalized spacial score (nSPS) is 19.7. The first-order valence-electron chi connectivity index (χ1n) is 6.14. The van der Waals surface area contributed by atoms with Crippen LogP contribution in [0.4, 0.5) is 23.2 Å². The summed E-state index contributed by atoms with van der Waals surface area (Å²) >= 11 is 0. The maximum Gasteiger partial charge on any atom is 0.501 e. The Morgan fingerprint density at radius 1 is 1.33 bits per heavy atom. The summed E-state index contributed by atoms with van der Waals surface area (Å²) in [4.78, 5) is -1.10. The van der Waals surface area contributed by atoms with Crippen LogP contribution < -0.4 is 5.32 Å². The molecule has 118 valence electrons. The van der Waals surface area contributed by atoms with Crippen molar-refractivity contribution in [1.82, 2.24) is 0 Å². The number of sulfone groups is 1.